The van der Waals surface area contributed by atoms with Crippen molar-refractivity contribution in [3.8, 4) is 0 Å². The summed E-state index contributed by atoms with van der Waals surface area (Å²) in [4.78, 5) is 24.5. The fraction of sp³-hybridized carbons (Fsp3) is 0.533. The number of hydrogen-bond acceptors (Lipinski definition) is 6. The number of carbonyl (C=O) groups excluding carboxylic acids is 1. The van der Waals surface area contributed by atoms with Crippen LogP contribution in [0.3, 0.4) is 0 Å². The molecule has 1 aliphatic heterocycles. The maximum absolute atomic E-state index is 11.7. The summed E-state index contributed by atoms with van der Waals surface area (Å²) in [5.41, 5.74) is 0.294. The summed E-state index contributed by atoms with van der Waals surface area (Å²) >= 11 is 6.11. The van der Waals surface area contributed by atoms with Gasteiger partial charge in [-0.1, -0.05) is 11.6 Å². The van der Waals surface area contributed by atoms with Gasteiger partial charge >= 0.3 is 5.97 Å². The zero-order valence-electron chi connectivity index (χ0n) is 13.1. The molecule has 1 heterocycles. The molecule has 1 aromatic rings. The van der Waals surface area contributed by atoms with E-state index in [2.05, 4.69) is 4.74 Å². The Morgan fingerprint density at radius 3 is 2.57 bits per heavy atom. The number of nitrogens with zero attached hydrogens (tertiary/aromatic N) is 2. The van der Waals surface area contributed by atoms with Gasteiger partial charge in [0.15, 0.2) is 0 Å². The first-order chi connectivity index (χ1) is 11.0. The lowest BCUT2D eigenvalue weighted by atomic mass is 9.97. The molecule has 126 valence electrons. The summed E-state index contributed by atoms with van der Waals surface area (Å²) in [7, 11) is 2.88. The van der Waals surface area contributed by atoms with E-state index in [-0.39, 0.29) is 16.3 Å². The molecule has 23 heavy (non-hydrogen) atoms. The Morgan fingerprint density at radius 1 is 1.39 bits per heavy atom. The highest BCUT2D eigenvalue weighted by Gasteiger charge is 2.28. The molecule has 0 spiro atoms. The SMILES string of the molecule is COCC1CCN(c2cc(Cl)c(C(=O)OC)cc2[N+](=O)[O-])CC1. The molecule has 0 N–H and O–H groups in total. The third-order valence-corrected chi connectivity index (χ3v) is 4.34. The Morgan fingerprint density at radius 2 is 2.04 bits per heavy atom. The fourth-order valence-corrected chi connectivity index (χ4v) is 3.03. The van der Waals surface area contributed by atoms with E-state index in [1.807, 2.05) is 4.90 Å². The third kappa shape index (κ3) is 3.92. The van der Waals surface area contributed by atoms with Gasteiger partial charge in [0.05, 0.1) is 22.6 Å². The second-order valence-corrected chi connectivity index (χ2v) is 5.86. The number of benzene rings is 1. The topological polar surface area (TPSA) is 81.9 Å². The number of rotatable bonds is 5. The molecule has 0 radical (unpaired) electrons. The van der Waals surface area contributed by atoms with Crippen LogP contribution >= 0.6 is 11.6 Å². The van der Waals surface area contributed by atoms with Crippen molar-refractivity contribution in [2.24, 2.45) is 5.92 Å². The van der Waals surface area contributed by atoms with Crippen LogP contribution in [0.4, 0.5) is 11.4 Å². The first-order valence-electron chi connectivity index (χ1n) is 7.28. The van der Waals surface area contributed by atoms with Gasteiger partial charge in [-0.3, -0.25) is 10.1 Å². The summed E-state index contributed by atoms with van der Waals surface area (Å²) in [5.74, 6) is -0.233. The lowest BCUT2D eigenvalue weighted by molar-refractivity contribution is -0.384. The smallest absolute Gasteiger partial charge is 0.339 e. The van der Waals surface area contributed by atoms with Crippen LogP contribution in [-0.2, 0) is 9.47 Å². The zero-order chi connectivity index (χ0) is 17.0. The molecule has 0 atom stereocenters. The first kappa shape index (κ1) is 17.5. The van der Waals surface area contributed by atoms with Gasteiger partial charge in [-0.15, -0.1) is 0 Å². The normalized spacial score (nSPS) is 15.5. The Hall–Kier alpha value is -1.86. The highest BCUT2D eigenvalue weighted by atomic mass is 35.5. The Kier molecular flexibility index (Phi) is 5.79. The van der Waals surface area contributed by atoms with Gasteiger partial charge < -0.3 is 14.4 Å². The molecule has 0 bridgehead atoms. The van der Waals surface area contributed by atoms with E-state index in [0.29, 0.717) is 31.3 Å². The molecule has 2 rings (SSSR count). The summed E-state index contributed by atoms with van der Waals surface area (Å²) in [6.45, 7) is 2.06. The number of esters is 1. The summed E-state index contributed by atoms with van der Waals surface area (Å²) in [6.07, 6.45) is 1.78. The third-order valence-electron chi connectivity index (χ3n) is 4.02. The van der Waals surface area contributed by atoms with Crippen LogP contribution in [0, 0.1) is 16.0 Å². The molecule has 1 saturated heterocycles. The van der Waals surface area contributed by atoms with Crippen LogP contribution in [0.15, 0.2) is 12.1 Å². The van der Waals surface area contributed by atoms with E-state index >= 15 is 0 Å². The maximum Gasteiger partial charge on any atom is 0.339 e. The fourth-order valence-electron chi connectivity index (χ4n) is 2.79. The number of halogens is 1. The molecule has 1 aliphatic rings. The van der Waals surface area contributed by atoms with E-state index in [1.165, 1.54) is 19.2 Å². The average Bonchev–Trinajstić information content (AvgIpc) is 2.54. The Bertz CT molecular complexity index is 600. The number of carbonyl (C=O) groups is 1. The summed E-state index contributed by atoms with van der Waals surface area (Å²) in [5, 5.41) is 11.5. The molecule has 1 fully saturated rings. The minimum Gasteiger partial charge on any atom is -0.465 e. The second kappa shape index (κ2) is 7.61. The van der Waals surface area contributed by atoms with Crippen molar-refractivity contribution in [3.05, 3.63) is 32.8 Å². The van der Waals surface area contributed by atoms with Gasteiger partial charge in [0.1, 0.15) is 5.69 Å². The van der Waals surface area contributed by atoms with Crippen LogP contribution in [0.5, 0.6) is 0 Å². The van der Waals surface area contributed by atoms with Crippen LogP contribution in [-0.4, -0.2) is 44.8 Å². The van der Waals surface area contributed by atoms with E-state index in [4.69, 9.17) is 16.3 Å². The van der Waals surface area contributed by atoms with Gasteiger partial charge in [-0.05, 0) is 24.8 Å². The molecular formula is C15H19ClN2O5. The van der Waals surface area contributed by atoms with E-state index < -0.39 is 10.9 Å². The molecule has 0 aliphatic carbocycles. The average molecular weight is 343 g/mol. The minimum atomic E-state index is -0.691. The summed E-state index contributed by atoms with van der Waals surface area (Å²) < 4.78 is 9.76. The molecule has 0 amide bonds. The zero-order valence-corrected chi connectivity index (χ0v) is 13.8. The quantitative estimate of drug-likeness (QED) is 0.465. The van der Waals surface area contributed by atoms with Crippen LogP contribution in [0.2, 0.25) is 5.02 Å². The molecule has 7 nitrogen and oxygen atoms in total. The molecular weight excluding hydrogens is 324 g/mol. The van der Waals surface area contributed by atoms with Gasteiger partial charge in [0.2, 0.25) is 0 Å². The van der Waals surface area contributed by atoms with Gasteiger partial charge in [-0.2, -0.15) is 0 Å². The van der Waals surface area contributed by atoms with Crippen LogP contribution < -0.4 is 4.90 Å². The highest BCUT2D eigenvalue weighted by molar-refractivity contribution is 6.34. The number of nitro groups is 1. The van der Waals surface area contributed by atoms with Crippen molar-refractivity contribution in [1.82, 2.24) is 0 Å². The first-order valence-corrected chi connectivity index (χ1v) is 7.65. The van der Waals surface area contributed by atoms with E-state index in [9.17, 15) is 14.9 Å². The largest absolute Gasteiger partial charge is 0.465 e. The van der Waals surface area contributed by atoms with Crippen molar-refractivity contribution in [2.75, 3.05) is 38.8 Å². The highest BCUT2D eigenvalue weighted by Crippen LogP contribution is 2.36. The second-order valence-electron chi connectivity index (χ2n) is 5.46. The molecule has 0 unspecified atom stereocenters. The lowest BCUT2D eigenvalue weighted by Gasteiger charge is -2.33. The number of methoxy groups -OCH3 is 2. The lowest BCUT2D eigenvalue weighted by Crippen LogP contribution is -2.35. The van der Waals surface area contributed by atoms with Crippen molar-refractivity contribution >= 4 is 28.9 Å². The van der Waals surface area contributed by atoms with Crippen molar-refractivity contribution < 1.29 is 19.2 Å². The van der Waals surface area contributed by atoms with E-state index in [1.54, 1.807) is 7.11 Å². The predicted octanol–water partition coefficient (Wildman–Crippen LogP) is 2.90. The van der Waals surface area contributed by atoms with E-state index in [0.717, 1.165) is 12.8 Å². The Labute approximate surface area is 139 Å². The van der Waals surface area contributed by atoms with Crippen molar-refractivity contribution in [2.45, 2.75) is 12.8 Å². The summed E-state index contributed by atoms with van der Waals surface area (Å²) in [6, 6.07) is 2.66. The standard InChI is InChI=1S/C15H19ClN2O5/c1-22-9-10-3-5-17(6-4-10)13-8-12(16)11(15(19)23-2)7-14(13)18(20)21/h7-8,10H,3-6,9H2,1-2H3. The monoisotopic (exact) mass is 342 g/mol. The van der Waals surface area contributed by atoms with Gasteiger partial charge in [0, 0.05) is 32.9 Å². The molecule has 1 aromatic carbocycles. The van der Waals surface area contributed by atoms with Crippen LogP contribution in [0.1, 0.15) is 23.2 Å². The number of anilines is 1. The Balaban J connectivity index is 2.30. The van der Waals surface area contributed by atoms with Crippen LogP contribution in [0.25, 0.3) is 0 Å². The van der Waals surface area contributed by atoms with Crippen molar-refractivity contribution in [3.63, 3.8) is 0 Å². The van der Waals surface area contributed by atoms with Crippen molar-refractivity contribution in [1.29, 1.82) is 0 Å². The molecule has 8 heteroatoms. The maximum atomic E-state index is 11.7. The number of hydrogen-bond donors (Lipinski definition) is 0. The van der Waals surface area contributed by atoms with Gasteiger partial charge in [-0.25, -0.2) is 4.79 Å². The van der Waals surface area contributed by atoms with Gasteiger partial charge in [0.25, 0.3) is 5.69 Å². The number of nitro benzene ring substituents is 1. The number of piperidine rings is 1. The minimum absolute atomic E-state index is 0.00103. The number of ether oxygens (including phenoxy) is 2. The molecule has 0 aromatic heterocycles. The predicted molar refractivity (Wildman–Crippen MR) is 86.3 cm³/mol. The molecule has 0 saturated carbocycles.